The van der Waals surface area contributed by atoms with Crippen LogP contribution in [0.4, 0.5) is 4.39 Å². The van der Waals surface area contributed by atoms with E-state index in [1.807, 2.05) is 13.8 Å². The van der Waals surface area contributed by atoms with E-state index < -0.39 is 11.9 Å². The maximum absolute atomic E-state index is 14.0. The van der Waals surface area contributed by atoms with Gasteiger partial charge in [-0.05, 0) is 26.3 Å². The van der Waals surface area contributed by atoms with Crippen molar-refractivity contribution in [2.24, 2.45) is 5.73 Å². The molecule has 0 aliphatic rings. The fraction of sp³-hybridized carbons (Fsp3) is 0.538. The molecule has 0 fully saturated rings. The number of rotatable bonds is 5. The van der Waals surface area contributed by atoms with Crippen LogP contribution in [0.3, 0.4) is 0 Å². The number of nitrogens with two attached hydrogens (primary N) is 1. The van der Waals surface area contributed by atoms with Crippen LogP contribution in [0.15, 0.2) is 18.2 Å². The molecule has 96 valence electrons. The van der Waals surface area contributed by atoms with Crippen LogP contribution in [-0.4, -0.2) is 19.8 Å². The Bertz CT molecular complexity index is 380. The molecular formula is C13H20FNO2. The van der Waals surface area contributed by atoms with Crippen molar-refractivity contribution in [1.82, 2.24) is 0 Å². The van der Waals surface area contributed by atoms with E-state index in [-0.39, 0.29) is 11.4 Å². The molecule has 1 unspecified atom stereocenters. The fourth-order valence-corrected chi connectivity index (χ4v) is 1.69. The molecule has 4 heteroatoms. The Morgan fingerprint density at radius 3 is 2.53 bits per heavy atom. The lowest BCUT2D eigenvalue weighted by molar-refractivity contribution is 0.00971. The van der Waals surface area contributed by atoms with Crippen LogP contribution in [0.25, 0.3) is 0 Å². The van der Waals surface area contributed by atoms with Crippen molar-refractivity contribution in [3.05, 3.63) is 29.6 Å². The van der Waals surface area contributed by atoms with Crippen molar-refractivity contribution in [3.8, 4) is 5.75 Å². The molecule has 1 aromatic rings. The summed E-state index contributed by atoms with van der Waals surface area (Å²) >= 11 is 0. The van der Waals surface area contributed by atoms with E-state index in [0.717, 1.165) is 0 Å². The Morgan fingerprint density at radius 1 is 1.35 bits per heavy atom. The van der Waals surface area contributed by atoms with Crippen LogP contribution >= 0.6 is 0 Å². The van der Waals surface area contributed by atoms with Crippen molar-refractivity contribution in [2.45, 2.75) is 31.9 Å². The second-order valence-corrected chi connectivity index (χ2v) is 4.64. The molecule has 0 saturated heterocycles. The van der Waals surface area contributed by atoms with Crippen molar-refractivity contribution in [3.63, 3.8) is 0 Å². The first-order valence-corrected chi connectivity index (χ1v) is 5.54. The van der Waals surface area contributed by atoms with Gasteiger partial charge < -0.3 is 15.2 Å². The van der Waals surface area contributed by atoms with Crippen LogP contribution in [-0.2, 0) is 4.74 Å². The van der Waals surface area contributed by atoms with Gasteiger partial charge in [-0.2, -0.15) is 0 Å². The number of methoxy groups -OCH3 is 2. The van der Waals surface area contributed by atoms with Gasteiger partial charge >= 0.3 is 0 Å². The predicted molar refractivity (Wildman–Crippen MR) is 65.6 cm³/mol. The van der Waals surface area contributed by atoms with Gasteiger partial charge in [-0.1, -0.05) is 12.1 Å². The third-order valence-corrected chi connectivity index (χ3v) is 2.88. The van der Waals surface area contributed by atoms with E-state index in [1.54, 1.807) is 25.3 Å². The van der Waals surface area contributed by atoms with Crippen molar-refractivity contribution in [2.75, 3.05) is 14.2 Å². The lowest BCUT2D eigenvalue weighted by atomic mass is 9.94. The predicted octanol–water partition coefficient (Wildman–Crippen LogP) is 2.65. The second kappa shape index (κ2) is 5.47. The zero-order valence-electron chi connectivity index (χ0n) is 10.8. The van der Waals surface area contributed by atoms with Crippen LogP contribution in [0.5, 0.6) is 5.75 Å². The van der Waals surface area contributed by atoms with Crippen molar-refractivity contribution < 1.29 is 13.9 Å². The topological polar surface area (TPSA) is 44.5 Å². The summed E-state index contributed by atoms with van der Waals surface area (Å²) in [5.41, 5.74) is 6.08. The lowest BCUT2D eigenvalue weighted by Gasteiger charge is -2.27. The Balaban J connectivity index is 2.93. The summed E-state index contributed by atoms with van der Waals surface area (Å²) in [6.07, 6.45) is 0.535. The molecule has 1 atom stereocenters. The first kappa shape index (κ1) is 13.9. The molecule has 3 nitrogen and oxygen atoms in total. The minimum atomic E-state index is -0.417. The summed E-state index contributed by atoms with van der Waals surface area (Å²) in [6.45, 7) is 3.84. The average molecular weight is 241 g/mol. The number of hydrogen-bond donors (Lipinski definition) is 1. The maximum atomic E-state index is 14.0. The Hall–Kier alpha value is -1.13. The van der Waals surface area contributed by atoms with Gasteiger partial charge in [0.05, 0.1) is 12.7 Å². The Morgan fingerprint density at radius 2 is 2.00 bits per heavy atom. The van der Waals surface area contributed by atoms with Crippen LogP contribution in [0, 0.1) is 5.82 Å². The van der Waals surface area contributed by atoms with E-state index in [0.29, 0.717) is 12.0 Å². The SMILES string of the molecule is COc1cccc(C(N)CC(C)(C)OC)c1F. The zero-order chi connectivity index (χ0) is 13.1. The molecule has 1 aromatic carbocycles. The Kier molecular flexibility index (Phi) is 4.48. The number of ether oxygens (including phenoxy) is 2. The third-order valence-electron chi connectivity index (χ3n) is 2.88. The number of halogens is 1. The highest BCUT2D eigenvalue weighted by atomic mass is 19.1. The van der Waals surface area contributed by atoms with E-state index in [1.165, 1.54) is 7.11 Å². The normalized spacial score (nSPS) is 13.5. The summed E-state index contributed by atoms with van der Waals surface area (Å²) < 4.78 is 24.2. The molecule has 0 aromatic heterocycles. The molecule has 17 heavy (non-hydrogen) atoms. The quantitative estimate of drug-likeness (QED) is 0.862. The summed E-state index contributed by atoms with van der Waals surface area (Å²) in [4.78, 5) is 0. The molecule has 0 heterocycles. The van der Waals surface area contributed by atoms with Gasteiger partial charge in [-0.3, -0.25) is 0 Å². The molecule has 0 bridgehead atoms. The smallest absolute Gasteiger partial charge is 0.169 e. The molecule has 2 N–H and O–H groups in total. The monoisotopic (exact) mass is 241 g/mol. The maximum Gasteiger partial charge on any atom is 0.169 e. The number of hydrogen-bond acceptors (Lipinski definition) is 3. The zero-order valence-corrected chi connectivity index (χ0v) is 10.8. The first-order valence-electron chi connectivity index (χ1n) is 5.54. The van der Waals surface area contributed by atoms with Gasteiger partial charge in [-0.15, -0.1) is 0 Å². The second-order valence-electron chi connectivity index (χ2n) is 4.64. The van der Waals surface area contributed by atoms with Crippen molar-refractivity contribution in [1.29, 1.82) is 0 Å². The summed E-state index contributed by atoms with van der Waals surface area (Å²) in [5.74, 6) is -0.178. The van der Waals surface area contributed by atoms with Crippen LogP contribution in [0.2, 0.25) is 0 Å². The third kappa shape index (κ3) is 3.41. The van der Waals surface area contributed by atoms with Crippen molar-refractivity contribution >= 4 is 0 Å². The van der Waals surface area contributed by atoms with Gasteiger partial charge in [-0.25, -0.2) is 4.39 Å². The molecule has 0 aliphatic heterocycles. The van der Waals surface area contributed by atoms with Gasteiger partial charge in [0.25, 0.3) is 0 Å². The molecule has 0 amide bonds. The van der Waals surface area contributed by atoms with Gasteiger partial charge in [0.15, 0.2) is 11.6 Å². The highest BCUT2D eigenvalue weighted by Crippen LogP contribution is 2.29. The summed E-state index contributed by atoms with van der Waals surface area (Å²) in [5, 5.41) is 0. The average Bonchev–Trinajstić information content (AvgIpc) is 2.28. The van der Waals surface area contributed by atoms with E-state index in [9.17, 15) is 4.39 Å². The Labute approximate surface area is 102 Å². The first-order chi connectivity index (χ1) is 7.91. The molecule has 1 rings (SSSR count). The molecule has 0 aliphatic carbocycles. The highest BCUT2D eigenvalue weighted by molar-refractivity contribution is 5.33. The van der Waals surface area contributed by atoms with E-state index in [2.05, 4.69) is 0 Å². The largest absolute Gasteiger partial charge is 0.494 e. The van der Waals surface area contributed by atoms with Crippen LogP contribution in [0.1, 0.15) is 31.9 Å². The lowest BCUT2D eigenvalue weighted by Crippen LogP contribution is -2.29. The molecule has 0 saturated carbocycles. The molecular weight excluding hydrogens is 221 g/mol. The van der Waals surface area contributed by atoms with Gasteiger partial charge in [0, 0.05) is 18.7 Å². The molecule has 0 radical (unpaired) electrons. The standard InChI is InChI=1S/C13H20FNO2/c1-13(2,17-4)8-10(15)9-6-5-7-11(16-3)12(9)14/h5-7,10H,8,15H2,1-4H3. The van der Waals surface area contributed by atoms with E-state index in [4.69, 9.17) is 15.2 Å². The molecule has 0 spiro atoms. The highest BCUT2D eigenvalue weighted by Gasteiger charge is 2.24. The van der Waals surface area contributed by atoms with Crippen LogP contribution < -0.4 is 10.5 Å². The van der Waals surface area contributed by atoms with Gasteiger partial charge in [0.1, 0.15) is 0 Å². The minimum Gasteiger partial charge on any atom is -0.494 e. The van der Waals surface area contributed by atoms with E-state index >= 15 is 0 Å². The minimum absolute atomic E-state index is 0.216. The summed E-state index contributed by atoms with van der Waals surface area (Å²) in [6, 6.07) is 4.57. The number of benzene rings is 1. The van der Waals surface area contributed by atoms with Gasteiger partial charge in [0.2, 0.25) is 0 Å². The summed E-state index contributed by atoms with van der Waals surface area (Å²) in [7, 11) is 3.06. The fourth-order valence-electron chi connectivity index (χ4n) is 1.69.